The lowest BCUT2D eigenvalue weighted by Gasteiger charge is -2.27. The normalized spacial score (nSPS) is 13.9. The van der Waals surface area contributed by atoms with Crippen molar-refractivity contribution in [2.45, 2.75) is 6.42 Å². The molecule has 0 spiro atoms. The number of benzene rings is 2. The molecule has 3 aromatic rings. The number of rotatable bonds is 7. The van der Waals surface area contributed by atoms with E-state index in [9.17, 15) is 0 Å². The third-order valence-electron chi connectivity index (χ3n) is 4.96. The first-order valence-electron chi connectivity index (χ1n) is 9.96. The molecule has 2 aromatic carbocycles. The Hall–Kier alpha value is -3.12. The fourth-order valence-corrected chi connectivity index (χ4v) is 3.31. The number of hydrogen-bond donors (Lipinski definition) is 1. The maximum Gasteiger partial charge on any atom is 0.228 e. The molecule has 0 atom stereocenters. The number of anilines is 2. The fraction of sp³-hybridized carbons (Fsp3) is 0.304. The van der Waals surface area contributed by atoms with Crippen molar-refractivity contribution in [1.29, 1.82) is 0 Å². The molecule has 29 heavy (non-hydrogen) atoms. The lowest BCUT2D eigenvalue weighted by Crippen LogP contribution is -2.37. The van der Waals surface area contributed by atoms with Crippen molar-refractivity contribution in [1.82, 2.24) is 9.97 Å². The summed E-state index contributed by atoms with van der Waals surface area (Å²) in [5, 5.41) is 3.47. The Labute approximate surface area is 171 Å². The summed E-state index contributed by atoms with van der Waals surface area (Å²) in [6.45, 7) is 3.82. The highest BCUT2D eigenvalue weighted by atomic mass is 16.5. The van der Waals surface area contributed by atoms with Crippen LogP contribution >= 0.6 is 0 Å². The zero-order chi connectivity index (χ0) is 19.9. The van der Waals surface area contributed by atoms with Gasteiger partial charge in [-0.15, -0.1) is 0 Å². The molecule has 1 saturated heterocycles. The van der Waals surface area contributed by atoms with Crippen molar-refractivity contribution in [2.75, 3.05) is 50.2 Å². The quantitative estimate of drug-likeness (QED) is 0.665. The molecular formula is C23H26N4O2. The summed E-state index contributed by atoms with van der Waals surface area (Å²) in [4.78, 5) is 11.8. The number of hydrogen-bond acceptors (Lipinski definition) is 6. The highest BCUT2D eigenvalue weighted by Gasteiger charge is 2.16. The van der Waals surface area contributed by atoms with Crippen LogP contribution in [0.3, 0.4) is 0 Å². The second-order valence-electron chi connectivity index (χ2n) is 6.93. The molecular weight excluding hydrogens is 364 g/mol. The molecule has 0 amide bonds. The van der Waals surface area contributed by atoms with Gasteiger partial charge in [0.05, 0.1) is 26.0 Å². The minimum atomic E-state index is 0.707. The van der Waals surface area contributed by atoms with Gasteiger partial charge in [0.1, 0.15) is 11.6 Å². The molecule has 6 heteroatoms. The van der Waals surface area contributed by atoms with Crippen molar-refractivity contribution in [3.8, 4) is 17.0 Å². The summed E-state index contributed by atoms with van der Waals surface area (Å²) in [7, 11) is 1.68. The number of nitrogens with one attached hydrogen (secondary N) is 1. The van der Waals surface area contributed by atoms with Crippen molar-refractivity contribution in [3.05, 3.63) is 66.2 Å². The maximum atomic E-state index is 5.47. The van der Waals surface area contributed by atoms with Gasteiger partial charge < -0.3 is 19.7 Å². The zero-order valence-corrected chi connectivity index (χ0v) is 16.7. The Morgan fingerprint density at radius 2 is 1.76 bits per heavy atom. The average molecular weight is 390 g/mol. The van der Waals surface area contributed by atoms with Gasteiger partial charge in [0, 0.05) is 31.3 Å². The van der Waals surface area contributed by atoms with E-state index in [1.165, 1.54) is 5.56 Å². The lowest BCUT2D eigenvalue weighted by molar-refractivity contribution is 0.122. The van der Waals surface area contributed by atoms with Crippen LogP contribution in [0, 0.1) is 0 Å². The second-order valence-corrected chi connectivity index (χ2v) is 6.93. The molecule has 0 aliphatic carbocycles. The topological polar surface area (TPSA) is 59.5 Å². The van der Waals surface area contributed by atoms with Crippen molar-refractivity contribution < 1.29 is 9.47 Å². The average Bonchev–Trinajstić information content (AvgIpc) is 2.80. The van der Waals surface area contributed by atoms with Crippen LogP contribution < -0.4 is 15.0 Å². The van der Waals surface area contributed by atoms with Crippen LogP contribution in [0.15, 0.2) is 60.7 Å². The van der Waals surface area contributed by atoms with Gasteiger partial charge in [-0.2, -0.15) is 4.98 Å². The molecule has 0 radical (unpaired) electrons. The summed E-state index contributed by atoms with van der Waals surface area (Å²) in [6, 6.07) is 20.4. The first-order chi connectivity index (χ1) is 14.3. The summed E-state index contributed by atoms with van der Waals surface area (Å²) < 4.78 is 10.7. The molecule has 1 aromatic heterocycles. The molecule has 6 nitrogen and oxygen atoms in total. The molecule has 1 N–H and O–H groups in total. The first-order valence-corrected chi connectivity index (χ1v) is 9.96. The van der Waals surface area contributed by atoms with E-state index in [4.69, 9.17) is 19.4 Å². The Morgan fingerprint density at radius 1 is 1.00 bits per heavy atom. The van der Waals surface area contributed by atoms with Crippen LogP contribution in [0.4, 0.5) is 11.8 Å². The van der Waals surface area contributed by atoms with Crippen LogP contribution in [0.5, 0.6) is 5.75 Å². The SMILES string of the molecule is COc1ccc(CCNc2cc(-c3ccccc3)nc(N3CCOCC3)n2)cc1. The van der Waals surface area contributed by atoms with E-state index in [0.717, 1.165) is 54.8 Å². The maximum absolute atomic E-state index is 5.47. The smallest absolute Gasteiger partial charge is 0.228 e. The van der Waals surface area contributed by atoms with Crippen LogP contribution in [0.25, 0.3) is 11.3 Å². The molecule has 1 fully saturated rings. The first kappa shape index (κ1) is 19.2. The number of methoxy groups -OCH3 is 1. The number of morpholine rings is 1. The number of aromatic nitrogens is 2. The predicted molar refractivity (Wildman–Crippen MR) is 116 cm³/mol. The van der Waals surface area contributed by atoms with Gasteiger partial charge in [-0.1, -0.05) is 42.5 Å². The van der Waals surface area contributed by atoms with Crippen molar-refractivity contribution in [3.63, 3.8) is 0 Å². The van der Waals surface area contributed by atoms with Crippen LogP contribution in [0.1, 0.15) is 5.56 Å². The Balaban J connectivity index is 1.51. The summed E-state index contributed by atoms with van der Waals surface area (Å²) in [5.41, 5.74) is 3.26. The van der Waals surface area contributed by atoms with E-state index in [2.05, 4.69) is 34.5 Å². The number of ether oxygens (including phenoxy) is 2. The molecule has 0 bridgehead atoms. The van der Waals surface area contributed by atoms with E-state index in [1.54, 1.807) is 7.11 Å². The van der Waals surface area contributed by atoms with Gasteiger partial charge in [-0.25, -0.2) is 4.98 Å². The van der Waals surface area contributed by atoms with Crippen LogP contribution in [-0.4, -0.2) is 49.9 Å². The summed E-state index contributed by atoms with van der Waals surface area (Å²) in [6.07, 6.45) is 0.904. The van der Waals surface area contributed by atoms with Gasteiger partial charge in [0.2, 0.25) is 5.95 Å². The highest BCUT2D eigenvalue weighted by molar-refractivity contribution is 5.64. The standard InChI is InChI=1S/C23H26N4O2/c1-28-20-9-7-18(8-10-20)11-12-24-22-17-21(19-5-3-2-4-6-19)25-23(26-22)27-13-15-29-16-14-27/h2-10,17H,11-16H2,1H3,(H,24,25,26). The summed E-state index contributed by atoms with van der Waals surface area (Å²) in [5.74, 6) is 2.47. The molecule has 0 unspecified atom stereocenters. The molecule has 2 heterocycles. The van der Waals surface area contributed by atoms with Crippen LogP contribution in [-0.2, 0) is 11.2 Å². The highest BCUT2D eigenvalue weighted by Crippen LogP contribution is 2.23. The van der Waals surface area contributed by atoms with Gasteiger partial charge in [0.25, 0.3) is 0 Å². The molecule has 0 saturated carbocycles. The molecule has 150 valence electrons. The number of nitrogens with zero attached hydrogens (tertiary/aromatic N) is 3. The lowest BCUT2D eigenvalue weighted by atomic mass is 10.1. The largest absolute Gasteiger partial charge is 0.497 e. The Bertz CT molecular complexity index is 910. The van der Waals surface area contributed by atoms with Crippen LogP contribution in [0.2, 0.25) is 0 Å². The summed E-state index contributed by atoms with van der Waals surface area (Å²) >= 11 is 0. The minimum Gasteiger partial charge on any atom is -0.497 e. The van der Waals surface area contributed by atoms with E-state index < -0.39 is 0 Å². The Kier molecular flexibility index (Phi) is 6.22. The van der Waals surface area contributed by atoms with Gasteiger partial charge >= 0.3 is 0 Å². The monoisotopic (exact) mass is 390 g/mol. The van der Waals surface area contributed by atoms with Crippen molar-refractivity contribution >= 4 is 11.8 Å². The zero-order valence-electron chi connectivity index (χ0n) is 16.7. The second kappa shape index (κ2) is 9.39. The minimum absolute atomic E-state index is 0.707. The van der Waals surface area contributed by atoms with Crippen molar-refractivity contribution in [2.24, 2.45) is 0 Å². The van der Waals surface area contributed by atoms with Gasteiger partial charge in [0.15, 0.2) is 0 Å². The van der Waals surface area contributed by atoms with E-state index >= 15 is 0 Å². The molecule has 4 rings (SSSR count). The molecule has 1 aliphatic rings. The third kappa shape index (κ3) is 5.03. The van der Waals surface area contributed by atoms with E-state index in [1.807, 2.05) is 36.4 Å². The van der Waals surface area contributed by atoms with Gasteiger partial charge in [-0.05, 0) is 24.1 Å². The van der Waals surface area contributed by atoms with E-state index in [-0.39, 0.29) is 0 Å². The van der Waals surface area contributed by atoms with E-state index in [0.29, 0.717) is 13.2 Å². The molecule has 1 aliphatic heterocycles. The fourth-order valence-electron chi connectivity index (χ4n) is 3.31. The predicted octanol–water partition coefficient (Wildman–Crippen LogP) is 3.64. The van der Waals surface area contributed by atoms with Gasteiger partial charge in [-0.3, -0.25) is 0 Å². The Morgan fingerprint density at radius 3 is 2.48 bits per heavy atom. The third-order valence-corrected chi connectivity index (χ3v) is 4.96.